The van der Waals surface area contributed by atoms with E-state index in [1.165, 1.54) is 28.8 Å². The summed E-state index contributed by atoms with van der Waals surface area (Å²) < 4.78 is 21.2. The van der Waals surface area contributed by atoms with Crippen LogP contribution in [0, 0.1) is 11.2 Å². The number of aromatic nitrogens is 2. The van der Waals surface area contributed by atoms with Gasteiger partial charge in [-0.25, -0.2) is 9.18 Å². The Bertz CT molecular complexity index is 1120. The fourth-order valence-electron chi connectivity index (χ4n) is 4.94. The third kappa shape index (κ3) is 3.15. The lowest BCUT2D eigenvalue weighted by atomic mass is 9.68. The number of carbonyl (C=O) groups is 1. The van der Waals surface area contributed by atoms with Crippen LogP contribution in [-0.4, -0.2) is 39.2 Å². The van der Waals surface area contributed by atoms with Crippen molar-refractivity contribution in [1.29, 1.82) is 0 Å². The Morgan fingerprint density at radius 3 is 2.60 bits per heavy atom. The number of nitrogens with zero attached hydrogens (tertiary/aromatic N) is 3. The Hall–Kier alpha value is -2.89. The van der Waals surface area contributed by atoms with Crippen LogP contribution in [0.3, 0.4) is 0 Å². The zero-order valence-corrected chi connectivity index (χ0v) is 17.6. The molecule has 30 heavy (non-hydrogen) atoms. The van der Waals surface area contributed by atoms with Crippen molar-refractivity contribution >= 4 is 17.0 Å². The highest BCUT2D eigenvalue weighted by Crippen LogP contribution is 2.46. The van der Waals surface area contributed by atoms with E-state index in [4.69, 9.17) is 4.74 Å². The summed E-state index contributed by atoms with van der Waals surface area (Å²) in [5.74, 6) is -0.238. The first kappa shape index (κ1) is 19.1. The summed E-state index contributed by atoms with van der Waals surface area (Å²) in [6, 6.07) is 8.70. The van der Waals surface area contributed by atoms with Gasteiger partial charge in [0.25, 0.3) is 0 Å². The Kier molecular flexibility index (Phi) is 4.17. The second-order valence-corrected chi connectivity index (χ2v) is 9.64. The molecule has 1 aliphatic heterocycles. The molecule has 2 aliphatic rings. The molecule has 0 N–H and O–H groups in total. The van der Waals surface area contributed by atoms with Crippen LogP contribution in [0.25, 0.3) is 16.6 Å². The minimum atomic E-state index is -0.477. The summed E-state index contributed by atoms with van der Waals surface area (Å²) in [6.07, 6.45) is 6.35. The normalized spacial score (nSPS) is 17.7. The molecule has 1 spiro atoms. The molecule has 0 bridgehead atoms. The van der Waals surface area contributed by atoms with Crippen LogP contribution in [0.4, 0.5) is 9.18 Å². The van der Waals surface area contributed by atoms with Crippen molar-refractivity contribution in [3.8, 4) is 5.69 Å². The minimum absolute atomic E-state index is 0.106. The number of ether oxygens (including phenoxy) is 1. The molecule has 1 amide bonds. The molecule has 5 nitrogen and oxygen atoms in total. The number of hydrogen-bond donors (Lipinski definition) is 0. The summed E-state index contributed by atoms with van der Waals surface area (Å²) in [5.41, 5.74) is 4.23. The molecule has 156 valence electrons. The monoisotopic (exact) mass is 407 g/mol. The van der Waals surface area contributed by atoms with Crippen LogP contribution in [0.1, 0.15) is 38.4 Å². The van der Waals surface area contributed by atoms with Gasteiger partial charge in [0.15, 0.2) is 0 Å². The third-order valence-corrected chi connectivity index (χ3v) is 6.22. The highest BCUT2D eigenvalue weighted by Gasteiger charge is 2.49. The molecule has 3 heterocycles. The van der Waals surface area contributed by atoms with E-state index in [2.05, 4.69) is 15.6 Å². The number of amides is 1. The van der Waals surface area contributed by atoms with E-state index in [0.29, 0.717) is 0 Å². The standard InChI is InChI=1S/C24H26FN3O2/c1-23(2,3)30-22(29)27-14-24(15-27)10-8-20-19(12-24)18-9-11-26-13-21(18)28(20)17-6-4-16(25)5-7-17/h4-7,9,11,13H,8,10,12,14-15H2,1-3H3. The molecule has 0 radical (unpaired) electrons. The van der Waals surface area contributed by atoms with E-state index in [-0.39, 0.29) is 17.3 Å². The van der Waals surface area contributed by atoms with Gasteiger partial charge >= 0.3 is 6.09 Å². The Labute approximate surface area is 175 Å². The Morgan fingerprint density at radius 1 is 1.17 bits per heavy atom. The highest BCUT2D eigenvalue weighted by molar-refractivity contribution is 5.87. The lowest BCUT2D eigenvalue weighted by Gasteiger charge is -2.52. The first-order valence-electron chi connectivity index (χ1n) is 10.4. The maximum absolute atomic E-state index is 13.5. The van der Waals surface area contributed by atoms with Gasteiger partial charge in [0, 0.05) is 41.5 Å². The van der Waals surface area contributed by atoms with Gasteiger partial charge in [-0.3, -0.25) is 4.98 Å². The Morgan fingerprint density at radius 2 is 1.90 bits per heavy atom. The van der Waals surface area contributed by atoms with E-state index >= 15 is 0 Å². The molecule has 6 heteroatoms. The second-order valence-electron chi connectivity index (χ2n) is 9.64. The predicted molar refractivity (Wildman–Crippen MR) is 113 cm³/mol. The van der Waals surface area contributed by atoms with Gasteiger partial charge in [0.05, 0.1) is 11.7 Å². The van der Waals surface area contributed by atoms with Crippen molar-refractivity contribution < 1.29 is 13.9 Å². The van der Waals surface area contributed by atoms with Gasteiger partial charge in [0.2, 0.25) is 0 Å². The molecule has 3 aromatic rings. The van der Waals surface area contributed by atoms with Gasteiger partial charge < -0.3 is 14.2 Å². The molecule has 0 unspecified atom stereocenters. The number of halogens is 1. The van der Waals surface area contributed by atoms with E-state index < -0.39 is 5.60 Å². The fraction of sp³-hybridized carbons (Fsp3) is 0.417. The number of benzene rings is 1. The predicted octanol–water partition coefficient (Wildman–Crippen LogP) is 4.89. The zero-order chi connectivity index (χ0) is 21.1. The van der Waals surface area contributed by atoms with Crippen LogP contribution >= 0.6 is 0 Å². The van der Waals surface area contributed by atoms with Crippen molar-refractivity contribution in [2.75, 3.05) is 13.1 Å². The summed E-state index contributed by atoms with van der Waals surface area (Å²) >= 11 is 0. The highest BCUT2D eigenvalue weighted by atomic mass is 19.1. The van der Waals surface area contributed by atoms with E-state index in [9.17, 15) is 9.18 Å². The maximum Gasteiger partial charge on any atom is 0.410 e. The van der Waals surface area contributed by atoms with Gasteiger partial charge in [-0.1, -0.05) is 0 Å². The molecule has 1 fully saturated rings. The van der Waals surface area contributed by atoms with E-state index in [0.717, 1.165) is 43.6 Å². The lowest BCUT2D eigenvalue weighted by molar-refractivity contribution is -0.0395. The van der Waals surface area contributed by atoms with Crippen molar-refractivity contribution in [3.63, 3.8) is 0 Å². The van der Waals surface area contributed by atoms with Gasteiger partial charge in [-0.2, -0.15) is 0 Å². The van der Waals surface area contributed by atoms with Crippen LogP contribution in [0.5, 0.6) is 0 Å². The van der Waals surface area contributed by atoms with Crippen molar-refractivity contribution in [3.05, 3.63) is 59.8 Å². The Balaban J connectivity index is 1.46. The molecule has 0 atom stereocenters. The number of fused-ring (bicyclic) bond motifs is 3. The van der Waals surface area contributed by atoms with Crippen LogP contribution in [-0.2, 0) is 17.6 Å². The van der Waals surface area contributed by atoms with Crippen molar-refractivity contribution in [2.24, 2.45) is 5.41 Å². The second kappa shape index (κ2) is 6.56. The molecular weight excluding hydrogens is 381 g/mol. The number of rotatable bonds is 1. The average molecular weight is 407 g/mol. The fourth-order valence-corrected chi connectivity index (χ4v) is 4.94. The van der Waals surface area contributed by atoms with E-state index in [1.807, 2.05) is 50.2 Å². The summed E-state index contributed by atoms with van der Waals surface area (Å²) in [7, 11) is 0. The van der Waals surface area contributed by atoms with Crippen LogP contribution in [0.15, 0.2) is 42.7 Å². The van der Waals surface area contributed by atoms with E-state index in [1.54, 1.807) is 0 Å². The molecule has 2 aromatic heterocycles. The third-order valence-electron chi connectivity index (χ3n) is 6.22. The van der Waals surface area contributed by atoms with Crippen molar-refractivity contribution in [2.45, 2.75) is 45.6 Å². The molecule has 0 saturated carbocycles. The number of carbonyl (C=O) groups excluding carboxylic acids is 1. The largest absolute Gasteiger partial charge is 0.444 e. The van der Waals surface area contributed by atoms with Gasteiger partial charge in [-0.15, -0.1) is 0 Å². The SMILES string of the molecule is CC(C)(C)OC(=O)N1CC2(CCc3c(c4ccncc4n3-c3ccc(F)cc3)C2)C1. The topological polar surface area (TPSA) is 47.4 Å². The summed E-state index contributed by atoms with van der Waals surface area (Å²) in [5, 5.41) is 1.19. The lowest BCUT2D eigenvalue weighted by Crippen LogP contribution is -2.61. The first-order chi connectivity index (χ1) is 14.2. The number of likely N-dealkylation sites (tertiary alicyclic amines) is 1. The zero-order valence-electron chi connectivity index (χ0n) is 17.6. The molecule has 1 aromatic carbocycles. The molecule has 1 aliphatic carbocycles. The summed E-state index contributed by atoms with van der Waals surface area (Å²) in [4.78, 5) is 18.6. The van der Waals surface area contributed by atoms with Crippen molar-refractivity contribution in [1.82, 2.24) is 14.5 Å². The summed E-state index contributed by atoms with van der Waals surface area (Å²) in [6.45, 7) is 7.15. The quantitative estimate of drug-likeness (QED) is 0.577. The first-order valence-corrected chi connectivity index (χ1v) is 10.4. The van der Waals surface area contributed by atoms with Gasteiger partial charge in [-0.05, 0) is 75.9 Å². The minimum Gasteiger partial charge on any atom is -0.444 e. The maximum atomic E-state index is 13.5. The van der Waals surface area contributed by atoms with Gasteiger partial charge in [0.1, 0.15) is 11.4 Å². The van der Waals surface area contributed by atoms with Crippen LogP contribution in [0.2, 0.25) is 0 Å². The molecule has 5 rings (SSSR count). The number of hydrogen-bond acceptors (Lipinski definition) is 3. The smallest absolute Gasteiger partial charge is 0.410 e. The van der Waals surface area contributed by atoms with Crippen LogP contribution < -0.4 is 0 Å². The average Bonchev–Trinajstić information content (AvgIpc) is 2.99. The molecular formula is C24H26FN3O2. The molecule has 1 saturated heterocycles. The number of pyridine rings is 1.